The van der Waals surface area contributed by atoms with Gasteiger partial charge in [-0.05, 0) is 80.6 Å². The summed E-state index contributed by atoms with van der Waals surface area (Å²) in [4.78, 5) is 0.271. The predicted octanol–water partition coefficient (Wildman–Crippen LogP) is 6.17. The number of rotatable bonds is 10. The maximum absolute atomic E-state index is 13.9. The van der Waals surface area contributed by atoms with E-state index < -0.39 is 30.3 Å². The average Bonchev–Trinajstić information content (AvgIpc) is 2.75. The van der Waals surface area contributed by atoms with Crippen molar-refractivity contribution in [3.8, 4) is 18.1 Å². The molecule has 0 fully saturated rings. The van der Waals surface area contributed by atoms with Crippen LogP contribution in [0.2, 0.25) is 18.1 Å². The third kappa shape index (κ3) is 6.80. The van der Waals surface area contributed by atoms with Crippen LogP contribution in [-0.4, -0.2) is 36.0 Å². The van der Waals surface area contributed by atoms with Gasteiger partial charge >= 0.3 is 0 Å². The first-order valence-corrected chi connectivity index (χ1v) is 16.8. The highest BCUT2D eigenvalue weighted by Crippen LogP contribution is 2.38. The molecule has 0 bridgehead atoms. The van der Waals surface area contributed by atoms with Gasteiger partial charge in [0.05, 0.1) is 24.0 Å². The molecular weight excluding hydrogens is 486 g/mol. The maximum atomic E-state index is 13.9. The minimum Gasteiger partial charge on any atom is -0.496 e. The monoisotopic (exact) mass is 529 g/mol. The molecule has 2 rings (SSSR count). The standard InChI is InChI=1S/C29H43NO4SSi/c1-12-25(23(5)34-36(10,11)29(6,7)8)26(19-24-16-14-13-15-17-24)30-35(31,32)28-20(2)18-27(33-9)21(3)22(28)4/h1,13-18,23,25-26,30H,19H2,2-11H3/t23-,25+,26-/m0/s1. The number of methoxy groups -OCH3 is 1. The summed E-state index contributed by atoms with van der Waals surface area (Å²) in [5, 5.41) is 0.00366. The molecule has 0 saturated carbocycles. The van der Waals surface area contributed by atoms with Gasteiger partial charge in [-0.15, -0.1) is 6.42 Å². The van der Waals surface area contributed by atoms with Crippen molar-refractivity contribution >= 4 is 18.3 Å². The molecular formula is C29H43NO4SSi. The van der Waals surface area contributed by atoms with E-state index in [0.717, 1.165) is 11.1 Å². The number of sulfonamides is 1. The summed E-state index contributed by atoms with van der Waals surface area (Å²) >= 11 is 0. The molecule has 0 unspecified atom stereocenters. The summed E-state index contributed by atoms with van der Waals surface area (Å²) in [5.74, 6) is 3.08. The van der Waals surface area contributed by atoms with Gasteiger partial charge in [-0.3, -0.25) is 0 Å². The van der Waals surface area contributed by atoms with Gasteiger partial charge in [0.1, 0.15) is 5.75 Å². The SMILES string of the molecule is C#C[C@@H]([C@H](Cc1ccccc1)NS(=O)(=O)c1c(C)cc(OC)c(C)c1C)[C@H](C)O[Si](C)(C)C(C)(C)C. The summed E-state index contributed by atoms with van der Waals surface area (Å²) in [6, 6.07) is 11.0. The van der Waals surface area contributed by atoms with E-state index in [1.165, 1.54) is 0 Å². The highest BCUT2D eigenvalue weighted by Gasteiger charge is 2.41. The van der Waals surface area contributed by atoms with Crippen molar-refractivity contribution in [1.29, 1.82) is 0 Å². The second-order valence-corrected chi connectivity index (χ2v) is 17.6. The van der Waals surface area contributed by atoms with Crippen LogP contribution in [0.4, 0.5) is 0 Å². The summed E-state index contributed by atoms with van der Waals surface area (Å²) < 4.78 is 42.8. The van der Waals surface area contributed by atoms with Crippen molar-refractivity contribution in [1.82, 2.24) is 4.72 Å². The molecule has 2 aromatic carbocycles. The number of aryl methyl sites for hydroxylation is 1. The number of hydrogen-bond donors (Lipinski definition) is 1. The molecule has 0 aliphatic rings. The zero-order valence-electron chi connectivity index (χ0n) is 23.5. The lowest BCUT2D eigenvalue weighted by Gasteiger charge is -2.41. The van der Waals surface area contributed by atoms with E-state index in [4.69, 9.17) is 15.6 Å². The Morgan fingerprint density at radius 1 is 1.08 bits per heavy atom. The van der Waals surface area contributed by atoms with Crippen LogP contribution in [0.3, 0.4) is 0 Å². The fourth-order valence-corrected chi connectivity index (χ4v) is 7.52. The van der Waals surface area contributed by atoms with Crippen LogP contribution in [0.25, 0.3) is 0 Å². The van der Waals surface area contributed by atoms with Gasteiger partial charge in [0, 0.05) is 6.04 Å². The third-order valence-electron chi connectivity index (χ3n) is 7.49. The van der Waals surface area contributed by atoms with Crippen LogP contribution < -0.4 is 9.46 Å². The second kappa shape index (κ2) is 11.5. The second-order valence-electron chi connectivity index (χ2n) is 11.2. The van der Waals surface area contributed by atoms with Crippen LogP contribution in [-0.2, 0) is 20.9 Å². The van der Waals surface area contributed by atoms with Gasteiger partial charge in [-0.25, -0.2) is 13.1 Å². The van der Waals surface area contributed by atoms with E-state index in [1.54, 1.807) is 20.1 Å². The average molecular weight is 530 g/mol. The van der Waals surface area contributed by atoms with E-state index in [9.17, 15) is 8.42 Å². The van der Waals surface area contributed by atoms with Crippen molar-refractivity contribution < 1.29 is 17.6 Å². The van der Waals surface area contributed by atoms with E-state index in [-0.39, 0.29) is 16.0 Å². The molecule has 198 valence electrons. The molecule has 0 amide bonds. The van der Waals surface area contributed by atoms with E-state index in [2.05, 4.69) is 44.5 Å². The van der Waals surface area contributed by atoms with Gasteiger partial charge in [-0.2, -0.15) is 0 Å². The smallest absolute Gasteiger partial charge is 0.241 e. The summed E-state index contributed by atoms with van der Waals surface area (Å²) in [5.41, 5.74) is 3.10. The minimum atomic E-state index is -3.89. The highest BCUT2D eigenvalue weighted by atomic mass is 32.2. The van der Waals surface area contributed by atoms with Crippen molar-refractivity contribution in [2.45, 2.75) is 90.1 Å². The minimum absolute atomic E-state index is 0.00366. The summed E-state index contributed by atoms with van der Waals surface area (Å²) in [6.45, 7) is 18.3. The van der Waals surface area contributed by atoms with Crippen molar-refractivity contribution in [2.75, 3.05) is 7.11 Å². The molecule has 5 nitrogen and oxygen atoms in total. The topological polar surface area (TPSA) is 64.6 Å². The Morgan fingerprint density at radius 2 is 1.67 bits per heavy atom. The quantitative estimate of drug-likeness (QED) is 0.295. The van der Waals surface area contributed by atoms with Crippen LogP contribution >= 0.6 is 0 Å². The number of hydrogen-bond acceptors (Lipinski definition) is 4. The summed E-state index contributed by atoms with van der Waals surface area (Å²) in [6.07, 6.45) is 6.19. The fourth-order valence-electron chi connectivity index (χ4n) is 4.31. The number of terminal acetylenes is 1. The predicted molar refractivity (Wildman–Crippen MR) is 152 cm³/mol. The van der Waals surface area contributed by atoms with Crippen LogP contribution in [0, 0.1) is 39.0 Å². The van der Waals surface area contributed by atoms with Crippen molar-refractivity contribution in [3.63, 3.8) is 0 Å². The van der Waals surface area contributed by atoms with Gasteiger partial charge in [0.25, 0.3) is 0 Å². The first-order chi connectivity index (χ1) is 16.6. The molecule has 0 aromatic heterocycles. The molecule has 36 heavy (non-hydrogen) atoms. The lowest BCUT2D eigenvalue weighted by Crippen LogP contribution is -2.50. The van der Waals surface area contributed by atoms with Gasteiger partial charge in [0.2, 0.25) is 10.0 Å². The number of ether oxygens (including phenoxy) is 1. The lowest BCUT2D eigenvalue weighted by atomic mass is 9.91. The maximum Gasteiger partial charge on any atom is 0.241 e. The Kier molecular flexibility index (Phi) is 9.63. The molecule has 0 aliphatic heterocycles. The van der Waals surface area contributed by atoms with Crippen LogP contribution in [0.15, 0.2) is 41.3 Å². The molecule has 3 atom stereocenters. The van der Waals surface area contributed by atoms with Crippen LogP contribution in [0.5, 0.6) is 5.75 Å². The molecule has 7 heteroatoms. The first kappa shape index (κ1) is 30.1. The lowest BCUT2D eigenvalue weighted by molar-refractivity contribution is 0.143. The Bertz CT molecular complexity index is 1190. The van der Waals surface area contributed by atoms with Crippen LogP contribution in [0.1, 0.15) is 49.9 Å². The van der Waals surface area contributed by atoms with E-state index >= 15 is 0 Å². The number of benzene rings is 2. The Labute approximate surface area is 220 Å². The molecule has 1 N–H and O–H groups in total. The molecule has 0 heterocycles. The van der Waals surface area contributed by atoms with Crippen molar-refractivity contribution in [2.24, 2.45) is 5.92 Å². The zero-order chi connectivity index (χ0) is 27.5. The summed E-state index contributed by atoms with van der Waals surface area (Å²) in [7, 11) is -4.44. The van der Waals surface area contributed by atoms with E-state index in [1.807, 2.05) is 51.1 Å². The Morgan fingerprint density at radius 3 is 2.17 bits per heavy atom. The third-order valence-corrected chi connectivity index (χ3v) is 13.8. The van der Waals surface area contributed by atoms with Gasteiger partial charge in [-0.1, -0.05) is 57.0 Å². The highest BCUT2D eigenvalue weighted by molar-refractivity contribution is 7.89. The van der Waals surface area contributed by atoms with E-state index in [0.29, 0.717) is 23.3 Å². The van der Waals surface area contributed by atoms with Crippen molar-refractivity contribution in [3.05, 3.63) is 58.7 Å². The van der Waals surface area contributed by atoms with Gasteiger partial charge in [0.15, 0.2) is 8.32 Å². The Hall–Kier alpha value is -2.11. The molecule has 0 saturated heterocycles. The fraction of sp³-hybridized carbons (Fsp3) is 0.517. The molecule has 0 spiro atoms. The van der Waals surface area contributed by atoms with Gasteiger partial charge < -0.3 is 9.16 Å². The first-order valence-electron chi connectivity index (χ1n) is 12.4. The zero-order valence-corrected chi connectivity index (χ0v) is 25.3. The molecule has 0 aliphatic carbocycles. The largest absolute Gasteiger partial charge is 0.496 e. The normalized spacial score (nSPS) is 15.1. The Balaban J connectivity index is 2.53. The number of nitrogens with one attached hydrogen (secondary N) is 1. The molecule has 0 radical (unpaired) electrons. The molecule has 2 aromatic rings.